The minimum atomic E-state index is 0.337. The van der Waals surface area contributed by atoms with E-state index in [-0.39, 0.29) is 0 Å². The average Bonchev–Trinajstić information content (AvgIpc) is 1.82. The van der Waals surface area contributed by atoms with Crippen molar-refractivity contribution >= 4 is 7.69 Å². The summed E-state index contributed by atoms with van der Waals surface area (Å²) in [5, 5.41) is 1.79. The highest BCUT2D eigenvalue weighted by molar-refractivity contribution is 6.17. The van der Waals surface area contributed by atoms with Gasteiger partial charge in [0.1, 0.15) is 0 Å². The maximum absolute atomic E-state index is 5.11. The molecule has 0 aromatic carbocycles. The van der Waals surface area contributed by atoms with E-state index in [0.717, 1.165) is 6.54 Å². The van der Waals surface area contributed by atoms with Crippen LogP contribution < -0.4 is 0 Å². The summed E-state index contributed by atoms with van der Waals surface area (Å²) >= 11 is 0. The fourth-order valence-corrected chi connectivity index (χ4v) is 0.710. The van der Waals surface area contributed by atoms with E-state index in [0.29, 0.717) is 13.6 Å². The lowest BCUT2D eigenvalue weighted by atomic mass is 10.2. The fourth-order valence-electron chi connectivity index (χ4n) is 0.710. The van der Waals surface area contributed by atoms with Gasteiger partial charge < -0.3 is 9.41 Å². The first-order chi connectivity index (χ1) is 4.66. The van der Waals surface area contributed by atoms with Gasteiger partial charge in [0.2, 0.25) is 0 Å². The first-order valence-corrected chi connectivity index (χ1v) is 3.49. The molecule has 0 bridgehead atoms. The molecule has 0 amide bonds. The highest BCUT2D eigenvalue weighted by Gasteiger charge is 2.01. The molecule has 0 rings (SSSR count). The molecule has 0 aliphatic heterocycles. The highest BCUT2D eigenvalue weighted by Crippen LogP contribution is 1.94. The summed E-state index contributed by atoms with van der Waals surface area (Å²) < 4.78 is 9.84. The Labute approximate surface area is 63.6 Å². The SMILES string of the molecule is COBON(C)CC(C)C. The van der Waals surface area contributed by atoms with Crippen LogP contribution >= 0.6 is 0 Å². The van der Waals surface area contributed by atoms with Crippen molar-refractivity contribution in [3.05, 3.63) is 0 Å². The molecule has 0 radical (unpaired) electrons. The standard InChI is InChI=1S/C6H16BNO2/c1-6(2)5-8(3)10-7-9-4/h6-7H,5H2,1-4H3. The Morgan fingerprint density at radius 1 is 1.50 bits per heavy atom. The molecule has 0 unspecified atom stereocenters. The first kappa shape index (κ1) is 9.94. The smallest absolute Gasteiger partial charge is 0.416 e. The van der Waals surface area contributed by atoms with Crippen molar-refractivity contribution in [1.29, 1.82) is 0 Å². The zero-order valence-electron chi connectivity index (χ0n) is 7.26. The molecule has 10 heavy (non-hydrogen) atoms. The van der Waals surface area contributed by atoms with E-state index in [1.807, 2.05) is 7.05 Å². The zero-order valence-corrected chi connectivity index (χ0v) is 7.26. The van der Waals surface area contributed by atoms with Crippen LogP contribution in [0.2, 0.25) is 0 Å². The van der Waals surface area contributed by atoms with Crippen LogP contribution in [0, 0.1) is 5.92 Å². The van der Waals surface area contributed by atoms with Crippen LogP contribution in [0.25, 0.3) is 0 Å². The molecule has 0 aliphatic carbocycles. The summed E-state index contributed by atoms with van der Waals surface area (Å²) in [7, 11) is 3.85. The lowest BCUT2D eigenvalue weighted by Crippen LogP contribution is -2.25. The molecule has 0 spiro atoms. The molecule has 0 atom stereocenters. The van der Waals surface area contributed by atoms with E-state index in [2.05, 4.69) is 13.8 Å². The second-order valence-corrected chi connectivity index (χ2v) is 2.74. The summed E-state index contributed by atoms with van der Waals surface area (Å²) in [6, 6.07) is 0. The predicted octanol–water partition coefficient (Wildman–Crippen LogP) is 0.419. The molecule has 0 aromatic heterocycles. The van der Waals surface area contributed by atoms with Gasteiger partial charge in [-0.3, -0.25) is 0 Å². The number of hydrogen-bond donors (Lipinski definition) is 0. The minimum absolute atomic E-state index is 0.337. The van der Waals surface area contributed by atoms with Gasteiger partial charge in [0.25, 0.3) is 0 Å². The predicted molar refractivity (Wildman–Crippen MR) is 42.7 cm³/mol. The molecule has 0 heterocycles. The van der Waals surface area contributed by atoms with E-state index < -0.39 is 0 Å². The zero-order chi connectivity index (χ0) is 7.98. The highest BCUT2D eigenvalue weighted by atomic mass is 16.7. The molecule has 0 aliphatic rings. The summed E-state index contributed by atoms with van der Waals surface area (Å²) in [5.74, 6) is 0.627. The van der Waals surface area contributed by atoms with Gasteiger partial charge in [-0.15, -0.1) is 0 Å². The largest absolute Gasteiger partial charge is 0.456 e. The van der Waals surface area contributed by atoms with Crippen molar-refractivity contribution in [2.45, 2.75) is 13.8 Å². The molecule has 0 saturated carbocycles. The Kier molecular flexibility index (Phi) is 5.68. The first-order valence-electron chi connectivity index (χ1n) is 3.49. The quantitative estimate of drug-likeness (QED) is 0.413. The Morgan fingerprint density at radius 3 is 2.50 bits per heavy atom. The summed E-state index contributed by atoms with van der Waals surface area (Å²) in [6.07, 6.45) is 0. The lowest BCUT2D eigenvalue weighted by Gasteiger charge is -2.17. The topological polar surface area (TPSA) is 21.7 Å². The molecule has 4 heteroatoms. The molecular weight excluding hydrogens is 129 g/mol. The van der Waals surface area contributed by atoms with Crippen LogP contribution in [0.3, 0.4) is 0 Å². The summed E-state index contributed by atoms with van der Waals surface area (Å²) in [5.41, 5.74) is 0. The van der Waals surface area contributed by atoms with E-state index in [9.17, 15) is 0 Å². The normalized spacial score (nSPS) is 11.0. The second kappa shape index (κ2) is 5.71. The number of nitrogens with zero attached hydrogens (tertiary/aromatic N) is 1. The number of hydrogen-bond acceptors (Lipinski definition) is 3. The van der Waals surface area contributed by atoms with Crippen molar-refractivity contribution in [3.8, 4) is 0 Å². The van der Waals surface area contributed by atoms with E-state index in [4.69, 9.17) is 9.41 Å². The van der Waals surface area contributed by atoms with Crippen LogP contribution in [0.4, 0.5) is 0 Å². The maximum Gasteiger partial charge on any atom is 0.456 e. The van der Waals surface area contributed by atoms with Crippen molar-refractivity contribution in [3.63, 3.8) is 0 Å². The summed E-state index contributed by atoms with van der Waals surface area (Å²) in [6.45, 7) is 5.22. The van der Waals surface area contributed by atoms with Crippen LogP contribution in [0.15, 0.2) is 0 Å². The van der Waals surface area contributed by atoms with Gasteiger partial charge >= 0.3 is 7.69 Å². The Hall–Kier alpha value is -0.0551. The van der Waals surface area contributed by atoms with Crippen LogP contribution in [-0.4, -0.2) is 33.5 Å². The third-order valence-electron chi connectivity index (χ3n) is 1.01. The van der Waals surface area contributed by atoms with E-state index in [1.165, 1.54) is 0 Å². The molecule has 0 fully saturated rings. The molecule has 3 nitrogen and oxygen atoms in total. The Morgan fingerprint density at radius 2 is 2.10 bits per heavy atom. The molecule has 60 valence electrons. The van der Waals surface area contributed by atoms with Crippen LogP contribution in [0.1, 0.15) is 13.8 Å². The van der Waals surface area contributed by atoms with Crippen LogP contribution in [-0.2, 0) is 9.41 Å². The average molecular weight is 145 g/mol. The third-order valence-corrected chi connectivity index (χ3v) is 1.01. The number of rotatable bonds is 5. The van der Waals surface area contributed by atoms with Crippen molar-refractivity contribution in [2.24, 2.45) is 5.92 Å². The van der Waals surface area contributed by atoms with Crippen molar-refractivity contribution < 1.29 is 9.41 Å². The maximum atomic E-state index is 5.11. The monoisotopic (exact) mass is 145 g/mol. The third kappa shape index (κ3) is 6.07. The molecule has 0 aromatic rings. The van der Waals surface area contributed by atoms with Crippen molar-refractivity contribution in [2.75, 3.05) is 20.7 Å². The van der Waals surface area contributed by atoms with Crippen molar-refractivity contribution in [1.82, 2.24) is 5.06 Å². The molecule has 0 N–H and O–H groups in total. The second-order valence-electron chi connectivity index (χ2n) is 2.74. The molecule has 0 saturated heterocycles. The van der Waals surface area contributed by atoms with Gasteiger partial charge in [-0.05, 0) is 5.92 Å². The Balaban J connectivity index is 3.16. The van der Waals surface area contributed by atoms with Gasteiger partial charge in [-0.1, -0.05) is 13.8 Å². The van der Waals surface area contributed by atoms with E-state index in [1.54, 1.807) is 12.2 Å². The summed E-state index contributed by atoms with van der Waals surface area (Å²) in [4.78, 5) is 0. The minimum Gasteiger partial charge on any atom is -0.416 e. The van der Waals surface area contributed by atoms with Gasteiger partial charge in [0, 0.05) is 20.7 Å². The van der Waals surface area contributed by atoms with Gasteiger partial charge in [-0.25, -0.2) is 5.06 Å². The Bertz CT molecular complexity index is 80.1. The fraction of sp³-hybridized carbons (Fsp3) is 1.00. The van der Waals surface area contributed by atoms with Gasteiger partial charge in [0.15, 0.2) is 0 Å². The van der Waals surface area contributed by atoms with Gasteiger partial charge in [0.05, 0.1) is 0 Å². The van der Waals surface area contributed by atoms with Gasteiger partial charge in [-0.2, -0.15) is 0 Å². The lowest BCUT2D eigenvalue weighted by molar-refractivity contribution is -0.0540. The number of hydroxylamine groups is 2. The van der Waals surface area contributed by atoms with E-state index >= 15 is 0 Å². The van der Waals surface area contributed by atoms with Crippen LogP contribution in [0.5, 0.6) is 0 Å². The molecular formula is C6H16BNO2.